The quantitative estimate of drug-likeness (QED) is 0.801. The van der Waals surface area contributed by atoms with Crippen LogP contribution in [0.2, 0.25) is 0 Å². The molecule has 0 radical (unpaired) electrons. The fourth-order valence-electron chi connectivity index (χ4n) is 3.34. The summed E-state index contributed by atoms with van der Waals surface area (Å²) in [6.07, 6.45) is 3.87. The minimum atomic E-state index is 0.123. The van der Waals surface area contributed by atoms with Crippen molar-refractivity contribution < 1.29 is 14.3 Å². The van der Waals surface area contributed by atoms with Crippen LogP contribution >= 0.6 is 0 Å². The van der Waals surface area contributed by atoms with Crippen molar-refractivity contribution >= 4 is 11.8 Å². The number of ether oxygens (including phenoxy) is 1. The van der Waals surface area contributed by atoms with Gasteiger partial charge in [0.05, 0.1) is 13.2 Å². The molecular weight excluding hydrogens is 244 g/mol. The number of morpholine rings is 1. The van der Waals surface area contributed by atoms with Crippen LogP contribution in [0.4, 0.5) is 0 Å². The van der Waals surface area contributed by atoms with Gasteiger partial charge in [-0.25, -0.2) is 0 Å². The number of nitrogens with zero attached hydrogens (tertiary/aromatic N) is 1. The highest BCUT2D eigenvalue weighted by Gasteiger charge is 2.47. The lowest BCUT2D eigenvalue weighted by Gasteiger charge is -2.27. The van der Waals surface area contributed by atoms with Gasteiger partial charge < -0.3 is 15.0 Å². The van der Waals surface area contributed by atoms with Crippen LogP contribution in [0.15, 0.2) is 0 Å². The van der Waals surface area contributed by atoms with Gasteiger partial charge in [-0.1, -0.05) is 0 Å². The molecule has 0 aromatic carbocycles. The summed E-state index contributed by atoms with van der Waals surface area (Å²) in [6, 6.07) is 0. The maximum atomic E-state index is 11.9. The molecule has 0 bridgehead atoms. The van der Waals surface area contributed by atoms with E-state index in [0.29, 0.717) is 39.3 Å². The minimum absolute atomic E-state index is 0.123. The molecule has 1 heterocycles. The normalized spacial score (nSPS) is 32.8. The molecule has 106 valence electrons. The average Bonchev–Trinajstić information content (AvgIpc) is 3.06. The lowest BCUT2D eigenvalue weighted by atomic mass is 10.0. The highest BCUT2D eigenvalue weighted by molar-refractivity contribution is 5.81. The number of nitrogens with one attached hydrogen (secondary N) is 1. The van der Waals surface area contributed by atoms with Gasteiger partial charge in [0, 0.05) is 32.0 Å². The van der Waals surface area contributed by atoms with Crippen LogP contribution in [-0.4, -0.2) is 49.6 Å². The molecule has 2 amide bonds. The van der Waals surface area contributed by atoms with Gasteiger partial charge in [-0.3, -0.25) is 9.59 Å². The maximum Gasteiger partial charge on any atom is 0.224 e. The Balaban J connectivity index is 1.33. The van der Waals surface area contributed by atoms with E-state index in [2.05, 4.69) is 5.32 Å². The summed E-state index contributed by atoms with van der Waals surface area (Å²) >= 11 is 0. The molecule has 3 rings (SSSR count). The topological polar surface area (TPSA) is 58.6 Å². The first-order valence-electron chi connectivity index (χ1n) is 7.37. The Bertz CT molecular complexity index is 342. The second-order valence-electron chi connectivity index (χ2n) is 5.96. The van der Waals surface area contributed by atoms with E-state index in [9.17, 15) is 9.59 Å². The lowest BCUT2D eigenvalue weighted by Crippen LogP contribution is -2.42. The van der Waals surface area contributed by atoms with Gasteiger partial charge in [-0.2, -0.15) is 0 Å². The van der Waals surface area contributed by atoms with Crippen molar-refractivity contribution in [1.29, 1.82) is 0 Å². The molecule has 2 saturated carbocycles. The third-order valence-electron chi connectivity index (χ3n) is 4.62. The van der Waals surface area contributed by atoms with Crippen molar-refractivity contribution in [3.05, 3.63) is 0 Å². The summed E-state index contributed by atoms with van der Waals surface area (Å²) in [5.41, 5.74) is 0. The van der Waals surface area contributed by atoms with Crippen LogP contribution in [0.25, 0.3) is 0 Å². The van der Waals surface area contributed by atoms with Crippen LogP contribution in [0, 0.1) is 17.8 Å². The Hall–Kier alpha value is -1.10. The number of carbonyl (C=O) groups is 2. The fourth-order valence-corrected chi connectivity index (χ4v) is 3.34. The largest absolute Gasteiger partial charge is 0.378 e. The van der Waals surface area contributed by atoms with E-state index in [1.54, 1.807) is 0 Å². The predicted octanol–water partition coefficient (Wildman–Crippen LogP) is 0.398. The van der Waals surface area contributed by atoms with Gasteiger partial charge in [-0.05, 0) is 31.1 Å². The first-order valence-corrected chi connectivity index (χ1v) is 7.37. The third-order valence-corrected chi connectivity index (χ3v) is 4.62. The van der Waals surface area contributed by atoms with Crippen molar-refractivity contribution in [2.45, 2.75) is 25.7 Å². The molecule has 5 heteroatoms. The molecule has 0 spiro atoms. The lowest BCUT2D eigenvalue weighted by molar-refractivity contribution is -0.135. The smallest absolute Gasteiger partial charge is 0.224 e. The number of fused-ring (bicyclic) bond motifs is 1. The van der Waals surface area contributed by atoms with Gasteiger partial charge in [0.15, 0.2) is 0 Å². The van der Waals surface area contributed by atoms with E-state index in [-0.39, 0.29) is 17.7 Å². The van der Waals surface area contributed by atoms with E-state index in [0.717, 1.165) is 24.7 Å². The van der Waals surface area contributed by atoms with Crippen molar-refractivity contribution in [2.24, 2.45) is 17.8 Å². The molecule has 0 aromatic heterocycles. The summed E-state index contributed by atoms with van der Waals surface area (Å²) in [6.45, 7) is 3.09. The highest BCUT2D eigenvalue weighted by Crippen LogP contribution is 2.54. The standard InChI is InChI=1S/C14H22N2O3/c17-13(16-3-5-19-6-4-16)1-2-15-14(18)12-8-10-7-11(10)9-12/h10-12H,1-9H2,(H,15,18). The number of hydrogen-bond donors (Lipinski definition) is 1. The molecule has 1 N–H and O–H groups in total. The Kier molecular flexibility index (Phi) is 3.73. The summed E-state index contributed by atoms with van der Waals surface area (Å²) < 4.78 is 5.21. The highest BCUT2D eigenvalue weighted by atomic mass is 16.5. The third kappa shape index (κ3) is 3.08. The first-order chi connectivity index (χ1) is 9.24. The van der Waals surface area contributed by atoms with Gasteiger partial charge in [-0.15, -0.1) is 0 Å². The molecule has 2 atom stereocenters. The fraction of sp³-hybridized carbons (Fsp3) is 0.857. The van der Waals surface area contributed by atoms with Crippen LogP contribution in [0.3, 0.4) is 0 Å². The van der Waals surface area contributed by atoms with Crippen molar-refractivity contribution in [2.75, 3.05) is 32.8 Å². The monoisotopic (exact) mass is 266 g/mol. The van der Waals surface area contributed by atoms with Crippen LogP contribution < -0.4 is 5.32 Å². The molecule has 19 heavy (non-hydrogen) atoms. The first kappa shape index (κ1) is 12.9. The van der Waals surface area contributed by atoms with Crippen LogP contribution in [0.1, 0.15) is 25.7 Å². The molecule has 2 aliphatic carbocycles. The second-order valence-corrected chi connectivity index (χ2v) is 5.96. The van der Waals surface area contributed by atoms with Crippen molar-refractivity contribution in [3.63, 3.8) is 0 Å². The molecule has 0 aromatic rings. The minimum Gasteiger partial charge on any atom is -0.378 e. The van der Waals surface area contributed by atoms with Crippen molar-refractivity contribution in [3.8, 4) is 0 Å². The average molecular weight is 266 g/mol. The summed E-state index contributed by atoms with van der Waals surface area (Å²) in [4.78, 5) is 25.6. The zero-order valence-corrected chi connectivity index (χ0v) is 11.3. The zero-order valence-electron chi connectivity index (χ0n) is 11.3. The maximum absolute atomic E-state index is 11.9. The van der Waals surface area contributed by atoms with Crippen molar-refractivity contribution in [1.82, 2.24) is 10.2 Å². The molecule has 3 aliphatic rings. The summed E-state index contributed by atoms with van der Waals surface area (Å²) in [7, 11) is 0. The van der Waals surface area contributed by atoms with E-state index in [4.69, 9.17) is 4.74 Å². The van der Waals surface area contributed by atoms with Gasteiger partial charge >= 0.3 is 0 Å². The van der Waals surface area contributed by atoms with E-state index in [1.807, 2.05) is 4.90 Å². The van der Waals surface area contributed by atoms with E-state index in [1.165, 1.54) is 6.42 Å². The van der Waals surface area contributed by atoms with Gasteiger partial charge in [0.1, 0.15) is 0 Å². The molecule has 1 saturated heterocycles. The molecule has 5 nitrogen and oxygen atoms in total. The Labute approximate surface area is 113 Å². The van der Waals surface area contributed by atoms with E-state index >= 15 is 0 Å². The number of amides is 2. The van der Waals surface area contributed by atoms with Crippen LogP contribution in [-0.2, 0) is 14.3 Å². The number of carbonyl (C=O) groups excluding carboxylic acids is 2. The Morgan fingerprint density at radius 2 is 1.79 bits per heavy atom. The van der Waals surface area contributed by atoms with Gasteiger partial charge in [0.25, 0.3) is 0 Å². The molecular formula is C14H22N2O3. The number of rotatable bonds is 4. The molecule has 3 fully saturated rings. The Morgan fingerprint density at radius 1 is 1.11 bits per heavy atom. The Morgan fingerprint density at radius 3 is 2.47 bits per heavy atom. The van der Waals surface area contributed by atoms with E-state index < -0.39 is 0 Å². The molecule has 2 unspecified atom stereocenters. The SMILES string of the molecule is O=C(NCCC(=O)N1CCOCC1)C1CC2CC2C1. The van der Waals surface area contributed by atoms with Gasteiger partial charge in [0.2, 0.25) is 11.8 Å². The second kappa shape index (κ2) is 5.49. The predicted molar refractivity (Wildman–Crippen MR) is 69.3 cm³/mol. The summed E-state index contributed by atoms with van der Waals surface area (Å²) in [5.74, 6) is 2.14. The molecule has 1 aliphatic heterocycles. The van der Waals surface area contributed by atoms with Crippen LogP contribution in [0.5, 0.6) is 0 Å². The number of hydrogen-bond acceptors (Lipinski definition) is 3. The zero-order chi connectivity index (χ0) is 13.2. The summed E-state index contributed by atoms with van der Waals surface area (Å²) in [5, 5.41) is 2.92.